The Kier molecular flexibility index (Phi) is 2.56. The van der Waals surface area contributed by atoms with E-state index in [1.54, 1.807) is 0 Å². The Morgan fingerprint density at radius 1 is 0.903 bits per heavy atom. The lowest BCUT2D eigenvalue weighted by Crippen LogP contribution is -2.56. The van der Waals surface area contributed by atoms with E-state index in [1.165, 1.54) is 0 Å². The van der Waals surface area contributed by atoms with Crippen molar-refractivity contribution in [2.24, 2.45) is 11.8 Å². The van der Waals surface area contributed by atoms with Crippen LogP contribution in [0.5, 0.6) is 0 Å². The van der Waals surface area contributed by atoms with Gasteiger partial charge in [-0.15, -0.1) is 0 Å². The highest BCUT2D eigenvalue weighted by atomic mass is 16.7. The molecule has 0 aromatic heterocycles. The monoisotopic (exact) mass is 438 g/mol. The molecule has 1 aliphatic carbocycles. The zero-order valence-corrected chi connectivity index (χ0v) is 15.9. The second-order valence-electron chi connectivity index (χ2n) is 6.74. The minimum atomic E-state index is -3.83. The Morgan fingerprint density at radius 3 is 1.94 bits per heavy atom. The van der Waals surface area contributed by atoms with Gasteiger partial charge in [0.25, 0.3) is 0 Å². The molecular weight excluding hydrogens is 400 g/mol. The predicted molar refractivity (Wildman–Crippen MR) is 108 cm³/mol. The van der Waals surface area contributed by atoms with Crippen molar-refractivity contribution >= 4 is 11.9 Å². The quantitative estimate of drug-likeness (QED) is 0.733. The van der Waals surface area contributed by atoms with E-state index >= 15 is 0 Å². The lowest BCUT2D eigenvalue weighted by Gasteiger charge is -2.49. The summed E-state index contributed by atoms with van der Waals surface area (Å²) in [6.07, 6.45) is -7.05. The van der Waals surface area contributed by atoms with Crippen molar-refractivity contribution in [3.8, 4) is 0 Å². The largest absolute Gasteiger partial charge is 0.457 e. The third-order valence-electron chi connectivity index (χ3n) is 5.05. The molecule has 2 bridgehead atoms. The van der Waals surface area contributed by atoms with Crippen LogP contribution in [-0.2, 0) is 28.5 Å². The summed E-state index contributed by atoms with van der Waals surface area (Å²) in [5, 5.41) is 10.9. The van der Waals surface area contributed by atoms with Gasteiger partial charge in [0, 0.05) is 24.4 Å². The van der Waals surface area contributed by atoms with Crippen molar-refractivity contribution in [1.82, 2.24) is 0 Å². The van der Waals surface area contributed by atoms with Crippen LogP contribution in [0.25, 0.3) is 0 Å². The molecular formula is C24H24O7. The highest BCUT2D eigenvalue weighted by Gasteiger charge is 2.62. The minimum absolute atomic E-state index is 0.616. The molecule has 8 atom stereocenters. The first-order valence-electron chi connectivity index (χ1n) is 16.1. The summed E-state index contributed by atoms with van der Waals surface area (Å²) in [5.41, 5.74) is -2.55. The van der Waals surface area contributed by atoms with Gasteiger partial charge in [-0.1, -0.05) is 60.4 Å². The van der Waals surface area contributed by atoms with Gasteiger partial charge < -0.3 is 24.1 Å². The van der Waals surface area contributed by atoms with Gasteiger partial charge in [0.2, 0.25) is 0 Å². The van der Waals surface area contributed by atoms with Crippen LogP contribution in [0.15, 0.2) is 60.4 Å². The number of aliphatic hydroxyl groups is 1. The fraction of sp³-hybridized carbons (Fsp3) is 0.417. The molecule has 162 valence electrons. The summed E-state index contributed by atoms with van der Waals surface area (Å²) >= 11 is 0. The molecule has 2 aliphatic heterocycles. The van der Waals surface area contributed by atoms with Crippen molar-refractivity contribution in [2.45, 2.75) is 36.4 Å². The van der Waals surface area contributed by atoms with E-state index < -0.39 is 138 Å². The van der Waals surface area contributed by atoms with Crippen LogP contribution in [0.4, 0.5) is 0 Å². The number of ether oxygens (including phenoxy) is 4. The van der Waals surface area contributed by atoms with Gasteiger partial charge in [0.1, 0.15) is 6.10 Å². The zero-order valence-electron chi connectivity index (χ0n) is 29.9. The first-order valence-corrected chi connectivity index (χ1v) is 9.12. The molecule has 1 saturated carbocycles. The molecule has 3 aliphatic rings. The molecule has 2 aromatic carbocycles. The van der Waals surface area contributed by atoms with E-state index in [2.05, 4.69) is 0 Å². The molecule has 31 heavy (non-hydrogen) atoms. The van der Waals surface area contributed by atoms with Crippen LogP contribution in [0.3, 0.4) is 0 Å². The van der Waals surface area contributed by atoms with Gasteiger partial charge >= 0.3 is 11.9 Å². The number of carbonyl (C=O) groups is 2. The Balaban J connectivity index is 1.98. The van der Waals surface area contributed by atoms with E-state index in [0.29, 0.717) is 0 Å². The molecule has 7 heteroatoms. The SMILES string of the molecule is [2H]c1c([2H])c([2H])c([C@@]2([2H])[C@]3([2H])C(=O)O[C@H]4[C@H](OC)OC[C@@H](OC(=O)[C@]3([2H])[C@@]2([2H])c2c([2H])c([2H])c([2H])c([2H])c2[2H])[C@@H]4O)c([2H])c1[2H]. The molecule has 3 fully saturated rings. The number of benzene rings is 2. The molecule has 0 spiro atoms. The number of fused-ring (bicyclic) bond motifs is 3. The maximum absolute atomic E-state index is 14.1. The van der Waals surface area contributed by atoms with Crippen molar-refractivity contribution in [2.75, 3.05) is 13.7 Å². The highest BCUT2D eigenvalue weighted by Crippen LogP contribution is 2.59. The number of esters is 2. The molecule has 7 nitrogen and oxygen atoms in total. The first kappa shape index (κ1) is 9.81. The second-order valence-corrected chi connectivity index (χ2v) is 6.74. The topological polar surface area (TPSA) is 91.3 Å². The van der Waals surface area contributed by atoms with Gasteiger partial charge in [-0.2, -0.15) is 0 Å². The van der Waals surface area contributed by atoms with E-state index in [4.69, 9.17) is 32.7 Å². The Hall–Kier alpha value is -2.74. The van der Waals surface area contributed by atoms with Crippen LogP contribution in [0, 0.1) is 11.8 Å². The highest BCUT2D eigenvalue weighted by molar-refractivity contribution is 5.87. The number of hydrogen-bond acceptors (Lipinski definition) is 7. The number of aliphatic hydroxyl groups excluding tert-OH is 1. The lowest BCUT2D eigenvalue weighted by atomic mass is 9.52. The van der Waals surface area contributed by atoms with Crippen LogP contribution in [-0.4, -0.2) is 55.4 Å². The van der Waals surface area contributed by atoms with Gasteiger partial charge in [-0.05, 0) is 11.1 Å². The third kappa shape index (κ3) is 3.33. The summed E-state index contributed by atoms with van der Waals surface area (Å²) in [6, 6.07) is -11.4. The molecule has 2 saturated heterocycles. The van der Waals surface area contributed by atoms with E-state index in [0.717, 1.165) is 7.11 Å². The zero-order chi connectivity index (χ0) is 33.9. The standard InChI is InChI=1S/C24H24O7/c1-28-24-21-20(25)15(12-29-24)30-22(26)18-16(13-8-4-2-5-9-13)17(19(18)23(27)31-21)14-10-6-3-7-11-14/h2-11,15-21,24-25H,12H2,1H3/t15-,16+,17-,18-,19+,20+,21-,24-/m1/s1/i2D,3D,4D,5D,6D,7D,8D,9D,10D,11D,16D,17D,18D,19D. The second kappa shape index (κ2) is 8.07. The number of methoxy groups -OCH3 is 1. The van der Waals surface area contributed by atoms with Crippen molar-refractivity contribution in [3.05, 3.63) is 71.6 Å². The van der Waals surface area contributed by atoms with Crippen molar-refractivity contribution in [1.29, 1.82) is 0 Å². The number of rotatable bonds is 3. The van der Waals surface area contributed by atoms with Gasteiger partial charge in [-0.25, -0.2) is 0 Å². The molecule has 0 unspecified atom stereocenters. The first-order chi connectivity index (χ1) is 20.7. The van der Waals surface area contributed by atoms with Crippen molar-refractivity contribution < 1.29 is 52.8 Å². The van der Waals surface area contributed by atoms with Crippen LogP contribution in [0.1, 0.15) is 42.1 Å². The molecule has 2 heterocycles. The molecule has 0 radical (unpaired) electrons. The van der Waals surface area contributed by atoms with Gasteiger partial charge in [0.05, 0.1) is 32.1 Å². The summed E-state index contributed by atoms with van der Waals surface area (Å²) in [7, 11) is 1.09. The third-order valence-corrected chi connectivity index (χ3v) is 5.05. The van der Waals surface area contributed by atoms with E-state index in [-0.39, 0.29) is 0 Å². The van der Waals surface area contributed by atoms with Gasteiger partial charge in [0.15, 0.2) is 18.5 Å². The smallest absolute Gasteiger partial charge is 0.311 e. The Morgan fingerprint density at radius 2 is 1.42 bits per heavy atom. The molecule has 5 rings (SSSR count). The number of carbonyl (C=O) groups excluding carboxylic acids is 2. The average molecular weight is 439 g/mol. The fourth-order valence-corrected chi connectivity index (χ4v) is 3.66. The maximum atomic E-state index is 14.1. The molecule has 2 aromatic rings. The molecule has 1 N–H and O–H groups in total. The predicted octanol–water partition coefficient (Wildman–Crippen LogP) is 2.00. The number of hydrogen-bond donors (Lipinski definition) is 1. The summed E-state index contributed by atoms with van der Waals surface area (Å²) in [6.45, 7) is -0.616. The molecule has 0 amide bonds. The maximum Gasteiger partial charge on any atom is 0.311 e. The van der Waals surface area contributed by atoms with Crippen molar-refractivity contribution in [3.63, 3.8) is 0 Å². The average Bonchev–Trinajstić information content (AvgIpc) is 3.01. The summed E-state index contributed by atoms with van der Waals surface area (Å²) < 4.78 is 142. The Bertz CT molecular complexity index is 1620. The normalized spacial score (nSPS) is 53.1. The fourth-order valence-electron chi connectivity index (χ4n) is 3.66. The van der Waals surface area contributed by atoms with E-state index in [1.807, 2.05) is 0 Å². The van der Waals surface area contributed by atoms with Crippen LogP contribution >= 0.6 is 0 Å². The van der Waals surface area contributed by atoms with Crippen LogP contribution in [0.2, 0.25) is 0 Å². The Labute approximate surface area is 199 Å². The summed E-state index contributed by atoms with van der Waals surface area (Å²) in [4.78, 5) is 28.1. The summed E-state index contributed by atoms with van der Waals surface area (Å²) in [5.74, 6) is -19.0. The minimum Gasteiger partial charge on any atom is -0.457 e. The van der Waals surface area contributed by atoms with Gasteiger partial charge in [-0.3, -0.25) is 9.59 Å². The lowest BCUT2D eigenvalue weighted by molar-refractivity contribution is -0.270. The van der Waals surface area contributed by atoms with E-state index in [9.17, 15) is 20.2 Å². The van der Waals surface area contributed by atoms with Crippen LogP contribution < -0.4 is 0 Å².